The molecule has 2 heterocycles. The van der Waals surface area contributed by atoms with Gasteiger partial charge in [-0.15, -0.1) is 0 Å². The minimum Gasteiger partial charge on any atom is -0.462 e. The summed E-state index contributed by atoms with van der Waals surface area (Å²) in [4.78, 5) is 60.4. The number of rotatable bonds is 7. The van der Waals surface area contributed by atoms with E-state index in [1.54, 1.807) is 75.7 Å². The van der Waals surface area contributed by atoms with Crippen molar-refractivity contribution in [2.75, 3.05) is 26.9 Å². The minimum atomic E-state index is -0.403. The molecule has 11 nitrogen and oxygen atoms in total. The van der Waals surface area contributed by atoms with Crippen molar-refractivity contribution in [2.45, 2.75) is 13.8 Å². The van der Waals surface area contributed by atoms with Crippen LogP contribution in [0.4, 0.5) is 0 Å². The summed E-state index contributed by atoms with van der Waals surface area (Å²) in [5.74, 6) is 4.79. The quantitative estimate of drug-likeness (QED) is 0.168. The van der Waals surface area contributed by atoms with Crippen LogP contribution in [0.3, 0.4) is 0 Å². The van der Waals surface area contributed by atoms with E-state index in [0.29, 0.717) is 50.6 Å². The molecule has 0 atom stereocenters. The molecule has 0 spiro atoms. The van der Waals surface area contributed by atoms with Crippen LogP contribution >= 0.6 is 22.6 Å². The monoisotopic (exact) mass is 682 g/mol. The third kappa shape index (κ3) is 8.95. The summed E-state index contributed by atoms with van der Waals surface area (Å²) >= 11 is 2.02. The van der Waals surface area contributed by atoms with Crippen LogP contribution in [0, 0.1) is 15.5 Å². The lowest BCUT2D eigenvalue weighted by Gasteiger charge is -2.04. The maximum absolute atomic E-state index is 11.9. The number of halogens is 1. The Morgan fingerprint density at radius 2 is 1.26 bits per heavy atom. The van der Waals surface area contributed by atoms with Crippen molar-refractivity contribution < 1.29 is 23.8 Å². The average molecular weight is 682 g/mol. The van der Waals surface area contributed by atoms with Gasteiger partial charge in [-0.3, -0.25) is 9.59 Å². The highest BCUT2D eigenvalue weighted by Gasteiger charge is 2.11. The van der Waals surface area contributed by atoms with Gasteiger partial charge in [-0.25, -0.2) is 19.6 Å². The number of hydrogen-bond acceptors (Lipinski definition) is 9. The molecule has 0 aliphatic heterocycles. The lowest BCUT2D eigenvalue weighted by atomic mass is 10.1. The van der Waals surface area contributed by atoms with Crippen molar-refractivity contribution in [1.29, 1.82) is 0 Å². The maximum Gasteiger partial charge on any atom is 0.338 e. The standard InChI is InChI=1S/C17H16N2O4.C13H11IN2O3/c1-3-23-17(21)13-8-6-12(7-9-13)15-16(20)18-11-14(19-15)5-4-10-22-2;1-2-19-13(18)9-5-3-8(4-6-9)11-12(17)15-7-10(14)16-11/h6-9,11H,3,10H2,1-2H3,(H,18,20);3-7H,2H2,1H3,(H,15,17). The predicted octanol–water partition coefficient (Wildman–Crippen LogP) is 3.83. The molecule has 0 aliphatic rings. The molecule has 0 saturated carbocycles. The highest BCUT2D eigenvalue weighted by molar-refractivity contribution is 14.1. The first-order valence-corrected chi connectivity index (χ1v) is 13.7. The molecule has 0 fully saturated rings. The SMILES string of the molecule is CCOC(=O)c1ccc(-c2nc(C#CCOC)c[nH]c2=O)cc1.CCOC(=O)c1ccc(-c2nc(I)c[nH]c2=O)cc1. The fourth-order valence-corrected chi connectivity index (χ4v) is 3.80. The fourth-order valence-electron chi connectivity index (χ4n) is 3.40. The van der Waals surface area contributed by atoms with Gasteiger partial charge >= 0.3 is 11.9 Å². The molecule has 2 N–H and O–H groups in total. The van der Waals surface area contributed by atoms with Crippen LogP contribution < -0.4 is 11.1 Å². The second-order valence-corrected chi connectivity index (χ2v) is 9.30. The van der Waals surface area contributed by atoms with Crippen molar-refractivity contribution in [2.24, 2.45) is 0 Å². The van der Waals surface area contributed by atoms with E-state index in [-0.39, 0.29) is 29.4 Å². The number of aromatic amines is 2. The van der Waals surface area contributed by atoms with Crippen LogP contribution in [0.2, 0.25) is 0 Å². The van der Waals surface area contributed by atoms with E-state index in [1.807, 2.05) is 22.6 Å². The molecule has 0 unspecified atom stereocenters. The van der Waals surface area contributed by atoms with Gasteiger partial charge in [0.2, 0.25) is 0 Å². The summed E-state index contributed by atoms with van der Waals surface area (Å²) in [7, 11) is 1.55. The first-order chi connectivity index (χ1) is 20.3. The molecule has 4 aromatic rings. The molecule has 216 valence electrons. The Balaban J connectivity index is 0.000000235. The lowest BCUT2D eigenvalue weighted by Crippen LogP contribution is -2.12. The summed E-state index contributed by atoms with van der Waals surface area (Å²) in [6.45, 7) is 4.42. The number of H-pyrrole nitrogens is 2. The third-order valence-electron chi connectivity index (χ3n) is 5.32. The Kier molecular flexibility index (Phi) is 12.1. The molecule has 0 radical (unpaired) electrons. The molecule has 0 saturated heterocycles. The summed E-state index contributed by atoms with van der Waals surface area (Å²) in [5, 5.41) is 0. The van der Waals surface area contributed by atoms with Crippen molar-refractivity contribution in [3.8, 4) is 34.4 Å². The van der Waals surface area contributed by atoms with E-state index in [2.05, 4.69) is 31.8 Å². The second-order valence-electron chi connectivity index (χ2n) is 8.19. The van der Waals surface area contributed by atoms with Crippen molar-refractivity contribution >= 4 is 34.5 Å². The predicted molar refractivity (Wildman–Crippen MR) is 164 cm³/mol. The number of aromatic nitrogens is 4. The van der Waals surface area contributed by atoms with Gasteiger partial charge in [-0.2, -0.15) is 0 Å². The number of carbonyl (C=O) groups excluding carboxylic acids is 2. The molecular formula is C30H27IN4O7. The van der Waals surface area contributed by atoms with Gasteiger partial charge in [-0.1, -0.05) is 30.2 Å². The Labute approximate surface area is 254 Å². The molecule has 0 aliphatic carbocycles. The second kappa shape index (κ2) is 16.0. The first kappa shape index (κ1) is 31.9. The maximum atomic E-state index is 11.9. The number of hydrogen-bond donors (Lipinski definition) is 2. The van der Waals surface area contributed by atoms with Crippen LogP contribution in [-0.2, 0) is 14.2 Å². The molecule has 2 aromatic heterocycles. The van der Waals surface area contributed by atoms with Crippen LogP contribution in [0.15, 0.2) is 70.5 Å². The van der Waals surface area contributed by atoms with Crippen LogP contribution in [0.25, 0.3) is 22.5 Å². The summed E-state index contributed by atoms with van der Waals surface area (Å²) in [6, 6.07) is 13.1. The van der Waals surface area contributed by atoms with Crippen molar-refractivity contribution in [1.82, 2.24) is 19.9 Å². The van der Waals surface area contributed by atoms with E-state index in [4.69, 9.17) is 14.2 Å². The number of ether oxygens (including phenoxy) is 3. The Hall–Kier alpha value is -4.61. The van der Waals surface area contributed by atoms with E-state index < -0.39 is 5.97 Å². The van der Waals surface area contributed by atoms with E-state index in [1.165, 1.54) is 6.20 Å². The molecule has 0 amide bonds. The molecule has 4 rings (SSSR count). The van der Waals surface area contributed by atoms with E-state index >= 15 is 0 Å². The molecule has 0 bridgehead atoms. The summed E-state index contributed by atoms with van der Waals surface area (Å²) in [6.07, 6.45) is 2.99. The molecule has 12 heteroatoms. The van der Waals surface area contributed by atoms with Crippen molar-refractivity contribution in [3.05, 3.63) is 102 Å². The van der Waals surface area contributed by atoms with E-state index in [0.717, 1.165) is 0 Å². The van der Waals surface area contributed by atoms with Gasteiger partial charge in [0.25, 0.3) is 11.1 Å². The van der Waals surface area contributed by atoms with Gasteiger partial charge < -0.3 is 24.2 Å². The number of nitrogens with zero attached hydrogens (tertiary/aromatic N) is 2. The highest BCUT2D eigenvalue weighted by Crippen LogP contribution is 2.16. The zero-order valence-corrected chi connectivity index (χ0v) is 25.2. The van der Waals surface area contributed by atoms with Crippen LogP contribution in [-0.4, -0.2) is 58.8 Å². The first-order valence-electron chi connectivity index (χ1n) is 12.6. The zero-order chi connectivity index (χ0) is 30.5. The number of methoxy groups -OCH3 is 1. The van der Waals surface area contributed by atoms with Crippen LogP contribution in [0.1, 0.15) is 40.3 Å². The van der Waals surface area contributed by atoms with Gasteiger partial charge in [0.15, 0.2) is 0 Å². The van der Waals surface area contributed by atoms with Crippen molar-refractivity contribution in [3.63, 3.8) is 0 Å². The molecule has 42 heavy (non-hydrogen) atoms. The number of benzene rings is 2. The van der Waals surface area contributed by atoms with Gasteiger partial charge in [-0.05, 0) is 66.6 Å². The smallest absolute Gasteiger partial charge is 0.338 e. The molecule has 2 aromatic carbocycles. The number of carbonyl (C=O) groups is 2. The van der Waals surface area contributed by atoms with Crippen LogP contribution in [0.5, 0.6) is 0 Å². The Morgan fingerprint density at radius 1 is 0.786 bits per heavy atom. The largest absolute Gasteiger partial charge is 0.462 e. The van der Waals surface area contributed by atoms with Gasteiger partial charge in [0.05, 0.1) is 24.3 Å². The normalized spacial score (nSPS) is 10.0. The minimum absolute atomic E-state index is 0.240. The number of nitrogens with one attached hydrogen (secondary N) is 2. The average Bonchev–Trinajstić information content (AvgIpc) is 3.00. The Bertz CT molecular complexity index is 1700. The van der Waals surface area contributed by atoms with E-state index in [9.17, 15) is 19.2 Å². The zero-order valence-electron chi connectivity index (χ0n) is 23.0. The number of esters is 2. The summed E-state index contributed by atoms with van der Waals surface area (Å²) in [5.41, 5.74) is 2.55. The Morgan fingerprint density at radius 3 is 1.74 bits per heavy atom. The van der Waals surface area contributed by atoms with Gasteiger partial charge in [0.1, 0.15) is 27.4 Å². The third-order valence-corrected chi connectivity index (χ3v) is 5.87. The molecular weight excluding hydrogens is 655 g/mol. The highest BCUT2D eigenvalue weighted by atomic mass is 127. The lowest BCUT2D eigenvalue weighted by molar-refractivity contribution is 0.0517. The summed E-state index contributed by atoms with van der Waals surface area (Å²) < 4.78 is 15.3. The fraction of sp³-hybridized carbons (Fsp3) is 0.200. The topological polar surface area (TPSA) is 153 Å². The van der Waals surface area contributed by atoms with Gasteiger partial charge in [0, 0.05) is 30.6 Å².